The minimum absolute atomic E-state index is 0.114. The van der Waals surface area contributed by atoms with Crippen LogP contribution in [-0.2, 0) is 22.4 Å². The number of fused-ring (bicyclic) bond motifs is 3. The summed E-state index contributed by atoms with van der Waals surface area (Å²) in [6.45, 7) is 10.7. The molecular formula is C27H33N3O5. The summed E-state index contributed by atoms with van der Waals surface area (Å²) in [7, 11) is 1.32. The number of amides is 1. The van der Waals surface area contributed by atoms with Crippen LogP contribution in [0.1, 0.15) is 67.2 Å². The normalized spacial score (nSPS) is 16.9. The average Bonchev–Trinajstić information content (AvgIpc) is 3.11. The number of anilines is 1. The summed E-state index contributed by atoms with van der Waals surface area (Å²) in [6.07, 6.45) is 1.48. The van der Waals surface area contributed by atoms with Crippen LogP contribution in [0.25, 0.3) is 0 Å². The van der Waals surface area contributed by atoms with Gasteiger partial charge in [-0.3, -0.25) is 9.79 Å². The minimum atomic E-state index is -0.534. The summed E-state index contributed by atoms with van der Waals surface area (Å²) in [5.74, 6) is 0.482. The molecule has 2 aliphatic heterocycles. The van der Waals surface area contributed by atoms with Crippen molar-refractivity contribution in [2.75, 3.05) is 25.6 Å². The van der Waals surface area contributed by atoms with Crippen molar-refractivity contribution >= 4 is 23.3 Å². The van der Waals surface area contributed by atoms with E-state index in [4.69, 9.17) is 24.9 Å². The van der Waals surface area contributed by atoms with E-state index in [2.05, 4.69) is 39.1 Å². The van der Waals surface area contributed by atoms with E-state index in [0.29, 0.717) is 17.9 Å². The maximum atomic E-state index is 12.4. The zero-order chi connectivity index (χ0) is 25.5. The lowest BCUT2D eigenvalue weighted by atomic mass is 9.80. The fraction of sp³-hybridized carbons (Fsp3) is 0.444. The molecule has 0 spiro atoms. The molecule has 4 rings (SSSR count). The van der Waals surface area contributed by atoms with Crippen molar-refractivity contribution in [3.8, 4) is 11.5 Å². The molecule has 3 N–H and O–H groups in total. The van der Waals surface area contributed by atoms with E-state index in [9.17, 15) is 9.59 Å². The molecule has 0 fully saturated rings. The number of primary amides is 1. The molecule has 8 heteroatoms. The number of methoxy groups -OCH3 is 1. The Morgan fingerprint density at radius 3 is 2.57 bits per heavy atom. The highest BCUT2D eigenvalue weighted by atomic mass is 16.5. The van der Waals surface area contributed by atoms with Gasteiger partial charge in [0.05, 0.1) is 37.1 Å². The van der Waals surface area contributed by atoms with Gasteiger partial charge in [-0.1, -0.05) is 6.07 Å². The lowest BCUT2D eigenvalue weighted by molar-refractivity contribution is -0.116. The van der Waals surface area contributed by atoms with E-state index in [1.54, 1.807) is 6.07 Å². The molecule has 0 radical (unpaired) electrons. The Morgan fingerprint density at radius 1 is 1.17 bits per heavy atom. The Balaban J connectivity index is 1.91. The number of esters is 1. The number of ether oxygens (including phenoxy) is 3. The maximum absolute atomic E-state index is 12.4. The van der Waals surface area contributed by atoms with Crippen LogP contribution in [0.3, 0.4) is 0 Å². The van der Waals surface area contributed by atoms with E-state index in [-0.39, 0.29) is 17.7 Å². The third kappa shape index (κ3) is 4.83. The zero-order valence-electron chi connectivity index (χ0n) is 21.2. The number of nitrogens with zero attached hydrogens (tertiary/aromatic N) is 1. The van der Waals surface area contributed by atoms with Crippen molar-refractivity contribution in [2.45, 2.75) is 58.6 Å². The van der Waals surface area contributed by atoms with Crippen LogP contribution in [0.15, 0.2) is 29.3 Å². The smallest absolute Gasteiger partial charge is 0.339 e. The van der Waals surface area contributed by atoms with Crippen LogP contribution in [0, 0.1) is 0 Å². The van der Waals surface area contributed by atoms with Gasteiger partial charge >= 0.3 is 5.97 Å². The van der Waals surface area contributed by atoms with Gasteiger partial charge in [0.1, 0.15) is 5.60 Å². The second-order valence-corrected chi connectivity index (χ2v) is 10.2. The Bertz CT molecular complexity index is 1230. The number of aliphatic imine (C=N–C) groups is 1. The molecule has 0 saturated carbocycles. The van der Waals surface area contributed by atoms with Gasteiger partial charge in [0.2, 0.25) is 5.91 Å². The van der Waals surface area contributed by atoms with Gasteiger partial charge in [0.25, 0.3) is 0 Å². The molecule has 0 unspecified atom stereocenters. The Labute approximate surface area is 205 Å². The fourth-order valence-corrected chi connectivity index (χ4v) is 4.85. The van der Waals surface area contributed by atoms with Crippen molar-refractivity contribution < 1.29 is 23.8 Å². The Morgan fingerprint density at radius 2 is 1.91 bits per heavy atom. The molecule has 186 valence electrons. The second-order valence-electron chi connectivity index (χ2n) is 10.2. The van der Waals surface area contributed by atoms with Gasteiger partial charge in [-0.2, -0.15) is 0 Å². The predicted molar refractivity (Wildman–Crippen MR) is 135 cm³/mol. The summed E-state index contributed by atoms with van der Waals surface area (Å²) < 4.78 is 17.2. The lowest BCUT2D eigenvalue weighted by Gasteiger charge is -2.31. The lowest BCUT2D eigenvalue weighted by Crippen LogP contribution is -2.31. The minimum Gasteiger partial charge on any atom is -0.490 e. The van der Waals surface area contributed by atoms with Crippen molar-refractivity contribution in [3.05, 3.63) is 52.1 Å². The Hall–Kier alpha value is -3.55. The summed E-state index contributed by atoms with van der Waals surface area (Å²) in [5.41, 5.74) is 10.3. The first-order chi connectivity index (χ1) is 16.4. The quantitative estimate of drug-likeness (QED) is 0.586. The second kappa shape index (κ2) is 8.91. The highest BCUT2D eigenvalue weighted by molar-refractivity contribution is 6.17. The predicted octanol–water partition coefficient (Wildman–Crippen LogP) is 3.65. The van der Waals surface area contributed by atoms with E-state index in [0.717, 1.165) is 52.3 Å². The van der Waals surface area contributed by atoms with E-state index < -0.39 is 11.9 Å². The fourth-order valence-electron chi connectivity index (χ4n) is 4.85. The molecule has 0 aliphatic carbocycles. The molecule has 1 amide bonds. The first-order valence-electron chi connectivity index (χ1n) is 11.8. The molecule has 2 aromatic rings. The number of hydrogen-bond acceptors (Lipinski definition) is 7. The molecule has 0 atom stereocenters. The number of carbonyl (C=O) groups is 2. The van der Waals surface area contributed by atoms with Gasteiger partial charge < -0.3 is 25.3 Å². The third-order valence-corrected chi connectivity index (χ3v) is 6.13. The van der Waals surface area contributed by atoms with Crippen LogP contribution in [0.5, 0.6) is 11.5 Å². The third-order valence-electron chi connectivity index (χ3n) is 6.13. The highest BCUT2D eigenvalue weighted by Gasteiger charge is 2.40. The van der Waals surface area contributed by atoms with Crippen molar-refractivity contribution in [1.29, 1.82) is 0 Å². The van der Waals surface area contributed by atoms with E-state index >= 15 is 0 Å². The number of hydrogen-bond donors (Lipinski definition) is 2. The molecule has 0 aromatic heterocycles. The van der Waals surface area contributed by atoms with E-state index in [1.165, 1.54) is 7.11 Å². The maximum Gasteiger partial charge on any atom is 0.339 e. The van der Waals surface area contributed by atoms with Crippen molar-refractivity contribution in [2.24, 2.45) is 10.7 Å². The average molecular weight is 480 g/mol. The van der Waals surface area contributed by atoms with Crippen LogP contribution in [0.2, 0.25) is 0 Å². The molecule has 0 bridgehead atoms. The first-order valence-corrected chi connectivity index (χ1v) is 11.8. The number of nitrogens with two attached hydrogens (primary N) is 1. The largest absolute Gasteiger partial charge is 0.490 e. The number of nitrogens with one attached hydrogen (secondary N) is 1. The van der Waals surface area contributed by atoms with Crippen molar-refractivity contribution in [1.82, 2.24) is 0 Å². The number of rotatable bonds is 7. The molecule has 2 heterocycles. The van der Waals surface area contributed by atoms with Gasteiger partial charge in [0, 0.05) is 28.8 Å². The van der Waals surface area contributed by atoms with Gasteiger partial charge in [-0.25, -0.2) is 4.79 Å². The molecular weight excluding hydrogens is 446 g/mol. The van der Waals surface area contributed by atoms with Crippen molar-refractivity contribution in [3.63, 3.8) is 0 Å². The van der Waals surface area contributed by atoms with Gasteiger partial charge in [-0.05, 0) is 64.8 Å². The summed E-state index contributed by atoms with van der Waals surface area (Å²) in [4.78, 5) is 28.9. The zero-order valence-corrected chi connectivity index (χ0v) is 21.2. The molecule has 2 aromatic carbocycles. The van der Waals surface area contributed by atoms with Crippen LogP contribution in [-0.4, -0.2) is 49.0 Å². The number of carbonyl (C=O) groups excluding carboxylic acids is 2. The molecule has 0 saturated heterocycles. The molecule has 8 nitrogen and oxygen atoms in total. The summed E-state index contributed by atoms with van der Waals surface area (Å²) in [5, 5.41) is 2.97. The topological polar surface area (TPSA) is 112 Å². The first kappa shape index (κ1) is 24.6. The SMILES string of the molecule is CCOc1cc2c(c3c1OC(C)(C)C3)C(c1ccc(C(=O)OC)c(NCC(N)=O)c1)=NC(C)(C)C2. The number of benzene rings is 2. The van der Waals surface area contributed by atoms with Gasteiger partial charge in [-0.15, -0.1) is 0 Å². The van der Waals surface area contributed by atoms with Crippen LogP contribution in [0.4, 0.5) is 5.69 Å². The molecule has 35 heavy (non-hydrogen) atoms. The van der Waals surface area contributed by atoms with E-state index in [1.807, 2.05) is 19.1 Å². The van der Waals surface area contributed by atoms with Crippen LogP contribution < -0.4 is 20.5 Å². The monoisotopic (exact) mass is 479 g/mol. The highest BCUT2D eigenvalue weighted by Crippen LogP contribution is 2.48. The van der Waals surface area contributed by atoms with Gasteiger partial charge in [0.15, 0.2) is 11.5 Å². The summed E-state index contributed by atoms with van der Waals surface area (Å²) in [6, 6.07) is 7.44. The van der Waals surface area contributed by atoms with Crippen LogP contribution >= 0.6 is 0 Å². The standard InChI is InChI=1S/C27H33N3O5/c1-7-34-20-11-16-12-26(2,3)30-23(22(16)18-13-27(4,5)35-24(18)20)15-8-9-17(25(32)33-6)19(10-15)29-14-21(28)31/h8-11,29H,7,12-14H2,1-6H3,(H2,28,31). The molecule has 2 aliphatic rings. The summed E-state index contributed by atoms with van der Waals surface area (Å²) >= 11 is 0. The Kier molecular flexibility index (Phi) is 6.25.